The number of ether oxygens (including phenoxy) is 1. The third-order valence-corrected chi connectivity index (χ3v) is 5.42. The molecule has 0 amide bonds. The van der Waals surface area contributed by atoms with E-state index in [0.717, 1.165) is 48.0 Å². The minimum absolute atomic E-state index is 0.261. The molecule has 3 aromatic rings. The molecule has 0 bridgehead atoms. The number of β-amino-alcohol motifs (C(OH)–C–C–N with tert-alkyl or cyclic N) is 1. The van der Waals surface area contributed by atoms with E-state index in [2.05, 4.69) is 25.5 Å². The maximum absolute atomic E-state index is 9.92. The highest BCUT2D eigenvalue weighted by atomic mass is 32.1. The molecule has 4 rings (SSSR count). The predicted molar refractivity (Wildman–Crippen MR) is 130 cm³/mol. The normalized spacial score (nSPS) is 16.0. The van der Waals surface area contributed by atoms with Gasteiger partial charge in [0.05, 0.1) is 6.10 Å². The van der Waals surface area contributed by atoms with E-state index in [1.54, 1.807) is 6.07 Å². The number of nitrogens with one attached hydrogen (secondary N) is 4. The summed E-state index contributed by atoms with van der Waals surface area (Å²) in [5.74, 6) is 1.51. The SMILES string of the molecule is OC1CCCN(c2cccc(OCNc3cccc(Nc4cc(=S)[nH]c(=S)[nH]4)c3)c2)C1. The second-order valence-corrected chi connectivity index (χ2v) is 8.26. The van der Waals surface area contributed by atoms with Gasteiger partial charge in [0.15, 0.2) is 11.5 Å². The maximum atomic E-state index is 9.92. The smallest absolute Gasteiger partial charge is 0.177 e. The molecule has 1 aliphatic rings. The van der Waals surface area contributed by atoms with Crippen LogP contribution in [0.2, 0.25) is 0 Å². The lowest BCUT2D eigenvalue weighted by atomic mass is 10.1. The highest BCUT2D eigenvalue weighted by molar-refractivity contribution is 7.72. The number of aliphatic hydroxyl groups is 1. The van der Waals surface area contributed by atoms with Gasteiger partial charge in [0.2, 0.25) is 0 Å². The fourth-order valence-corrected chi connectivity index (χ4v) is 4.06. The number of anilines is 4. The molecule has 0 aliphatic carbocycles. The van der Waals surface area contributed by atoms with E-state index >= 15 is 0 Å². The molecule has 1 saturated heterocycles. The van der Waals surface area contributed by atoms with Crippen molar-refractivity contribution in [2.24, 2.45) is 0 Å². The fraction of sp³-hybridized carbons (Fsp3) is 0.273. The van der Waals surface area contributed by atoms with Gasteiger partial charge in [-0.25, -0.2) is 0 Å². The Labute approximate surface area is 191 Å². The number of rotatable bonds is 7. The highest BCUT2D eigenvalue weighted by Crippen LogP contribution is 2.25. The predicted octanol–water partition coefficient (Wildman–Crippen LogP) is 4.95. The van der Waals surface area contributed by atoms with Crippen molar-refractivity contribution in [3.63, 3.8) is 0 Å². The van der Waals surface area contributed by atoms with Gasteiger partial charge in [0.1, 0.15) is 16.2 Å². The van der Waals surface area contributed by atoms with Gasteiger partial charge in [-0.05, 0) is 55.4 Å². The Bertz CT molecular complexity index is 1120. The van der Waals surface area contributed by atoms with Gasteiger partial charge in [-0.1, -0.05) is 24.4 Å². The molecule has 5 N–H and O–H groups in total. The van der Waals surface area contributed by atoms with Gasteiger partial charge >= 0.3 is 0 Å². The molecular formula is C22H25N5O2S2. The molecule has 7 nitrogen and oxygen atoms in total. The number of nitrogens with zero attached hydrogens (tertiary/aromatic N) is 1. The third kappa shape index (κ3) is 6.06. The summed E-state index contributed by atoms with van der Waals surface area (Å²) in [4.78, 5) is 8.10. The zero-order chi connectivity index (χ0) is 21.6. The summed E-state index contributed by atoms with van der Waals surface area (Å²) in [6.45, 7) is 1.95. The van der Waals surface area contributed by atoms with E-state index in [1.807, 2.05) is 48.5 Å². The van der Waals surface area contributed by atoms with Crippen molar-refractivity contribution in [3.8, 4) is 5.75 Å². The Morgan fingerprint density at radius 2 is 1.90 bits per heavy atom. The molecule has 0 saturated carbocycles. The molecule has 31 heavy (non-hydrogen) atoms. The zero-order valence-corrected chi connectivity index (χ0v) is 18.6. The molecule has 9 heteroatoms. The number of aromatic nitrogens is 2. The molecule has 2 heterocycles. The van der Waals surface area contributed by atoms with Gasteiger partial charge in [-0.3, -0.25) is 0 Å². The maximum Gasteiger partial charge on any atom is 0.177 e. The molecule has 1 unspecified atom stereocenters. The molecule has 162 valence electrons. The molecule has 1 aromatic heterocycles. The van der Waals surface area contributed by atoms with E-state index in [0.29, 0.717) is 22.7 Å². The first-order valence-corrected chi connectivity index (χ1v) is 11.0. The summed E-state index contributed by atoms with van der Waals surface area (Å²) < 4.78 is 6.94. The second-order valence-electron chi connectivity index (χ2n) is 7.41. The summed E-state index contributed by atoms with van der Waals surface area (Å²) in [7, 11) is 0. The quantitative estimate of drug-likeness (QED) is 0.254. The average Bonchev–Trinajstić information content (AvgIpc) is 2.74. The monoisotopic (exact) mass is 455 g/mol. The van der Waals surface area contributed by atoms with Gasteiger partial charge in [-0.2, -0.15) is 0 Å². The Kier molecular flexibility index (Phi) is 6.86. The van der Waals surface area contributed by atoms with E-state index in [-0.39, 0.29) is 6.10 Å². The Morgan fingerprint density at radius 1 is 1.06 bits per heavy atom. The van der Waals surface area contributed by atoms with Crippen LogP contribution in [-0.4, -0.2) is 41.0 Å². The first-order valence-electron chi connectivity index (χ1n) is 10.2. The zero-order valence-electron chi connectivity index (χ0n) is 16.9. The Hall–Kier alpha value is -2.88. The lowest BCUT2D eigenvalue weighted by molar-refractivity contribution is 0.154. The first kappa shape index (κ1) is 21.4. The lowest BCUT2D eigenvalue weighted by Crippen LogP contribution is -2.38. The van der Waals surface area contributed by atoms with E-state index in [9.17, 15) is 5.11 Å². The minimum Gasteiger partial charge on any atom is -0.473 e. The Morgan fingerprint density at radius 3 is 2.74 bits per heavy atom. The second kappa shape index (κ2) is 9.95. The fourth-order valence-electron chi connectivity index (χ4n) is 3.56. The van der Waals surface area contributed by atoms with Crippen LogP contribution < -0.4 is 20.3 Å². The van der Waals surface area contributed by atoms with Crippen molar-refractivity contribution < 1.29 is 9.84 Å². The number of aliphatic hydroxyl groups excluding tert-OH is 1. The van der Waals surface area contributed by atoms with Gasteiger partial charge in [-0.15, -0.1) is 0 Å². The van der Waals surface area contributed by atoms with Crippen molar-refractivity contribution >= 4 is 47.3 Å². The molecular weight excluding hydrogens is 430 g/mol. The summed E-state index contributed by atoms with van der Waals surface area (Å²) in [6, 6.07) is 17.6. The average molecular weight is 456 g/mol. The van der Waals surface area contributed by atoms with E-state index in [4.69, 9.17) is 29.2 Å². The van der Waals surface area contributed by atoms with E-state index < -0.39 is 0 Å². The molecule has 1 atom stereocenters. The number of H-pyrrole nitrogens is 2. The molecule has 2 aromatic carbocycles. The summed E-state index contributed by atoms with van der Waals surface area (Å²) in [5, 5.41) is 16.5. The lowest BCUT2D eigenvalue weighted by Gasteiger charge is -2.32. The van der Waals surface area contributed by atoms with Crippen LogP contribution in [0.5, 0.6) is 5.75 Å². The number of benzene rings is 2. The summed E-state index contributed by atoms with van der Waals surface area (Å²) in [5.41, 5.74) is 2.88. The number of aromatic amines is 2. The van der Waals surface area contributed by atoms with Crippen LogP contribution >= 0.6 is 24.4 Å². The molecule has 1 fully saturated rings. The molecule has 1 aliphatic heterocycles. The van der Waals surface area contributed by atoms with Crippen molar-refractivity contribution in [2.45, 2.75) is 18.9 Å². The van der Waals surface area contributed by atoms with Crippen molar-refractivity contribution in [3.05, 3.63) is 64.0 Å². The largest absolute Gasteiger partial charge is 0.473 e. The highest BCUT2D eigenvalue weighted by Gasteiger charge is 2.18. The molecule has 0 spiro atoms. The van der Waals surface area contributed by atoms with Crippen molar-refractivity contribution in [1.82, 2.24) is 9.97 Å². The topological polar surface area (TPSA) is 88.3 Å². The third-order valence-electron chi connectivity index (χ3n) is 5.00. The van der Waals surface area contributed by atoms with Gasteiger partial charge < -0.3 is 35.3 Å². The number of hydrogen-bond donors (Lipinski definition) is 5. The van der Waals surface area contributed by atoms with Crippen LogP contribution in [0.25, 0.3) is 0 Å². The Balaban J connectivity index is 1.35. The van der Waals surface area contributed by atoms with Crippen molar-refractivity contribution in [2.75, 3.05) is 35.4 Å². The van der Waals surface area contributed by atoms with Gasteiger partial charge in [0, 0.05) is 42.3 Å². The van der Waals surface area contributed by atoms with Crippen LogP contribution in [-0.2, 0) is 0 Å². The molecule has 0 radical (unpaired) electrons. The van der Waals surface area contributed by atoms with Crippen LogP contribution in [0.4, 0.5) is 22.9 Å². The summed E-state index contributed by atoms with van der Waals surface area (Å²) in [6.07, 6.45) is 1.61. The van der Waals surface area contributed by atoms with Gasteiger partial charge in [0.25, 0.3) is 0 Å². The number of piperidine rings is 1. The minimum atomic E-state index is -0.261. The van der Waals surface area contributed by atoms with Crippen LogP contribution in [0.15, 0.2) is 54.6 Å². The van der Waals surface area contributed by atoms with Crippen LogP contribution in [0.1, 0.15) is 12.8 Å². The van der Waals surface area contributed by atoms with Crippen LogP contribution in [0.3, 0.4) is 0 Å². The van der Waals surface area contributed by atoms with E-state index in [1.165, 1.54) is 0 Å². The van der Waals surface area contributed by atoms with Crippen LogP contribution in [0, 0.1) is 9.41 Å². The number of hydrogen-bond acceptors (Lipinski definition) is 7. The first-order chi connectivity index (χ1) is 15.0. The standard InChI is InChI=1S/C22H25N5O2S2/c28-18-7-3-9-27(13-18)17-6-2-8-19(11-17)29-14-23-15-4-1-5-16(10-15)24-20-12-21(30)26-22(31)25-20/h1-2,4-6,8,10-12,18,23,28H,3,7,9,13-14H2,(H3,24,25,26,30,31). The summed E-state index contributed by atoms with van der Waals surface area (Å²) >= 11 is 10.3. The van der Waals surface area contributed by atoms with Crippen molar-refractivity contribution in [1.29, 1.82) is 0 Å².